The van der Waals surface area contributed by atoms with Crippen LogP contribution in [-0.4, -0.2) is 50.5 Å². The third-order valence-electron chi connectivity index (χ3n) is 4.30. The Morgan fingerprint density at radius 3 is 2.79 bits per heavy atom. The smallest absolute Gasteiger partial charge is 0.265 e. The molecule has 3 aromatic rings. The summed E-state index contributed by atoms with van der Waals surface area (Å²) in [6.45, 7) is 3.35. The predicted molar refractivity (Wildman–Crippen MR) is 109 cm³/mol. The molecule has 0 bridgehead atoms. The first-order chi connectivity index (χ1) is 13.6. The summed E-state index contributed by atoms with van der Waals surface area (Å²) in [6, 6.07) is 2.89. The molecule has 0 aromatic carbocycles. The molecule has 4 rings (SSSR count). The summed E-state index contributed by atoms with van der Waals surface area (Å²) < 4.78 is 18.4. The van der Waals surface area contributed by atoms with E-state index in [0.717, 1.165) is 36.4 Å². The van der Waals surface area contributed by atoms with Crippen molar-refractivity contribution in [1.82, 2.24) is 20.0 Å². The van der Waals surface area contributed by atoms with Gasteiger partial charge in [-0.2, -0.15) is 11.8 Å². The van der Waals surface area contributed by atoms with Crippen LogP contribution in [0.5, 0.6) is 0 Å². The summed E-state index contributed by atoms with van der Waals surface area (Å²) in [4.78, 5) is 23.5. The van der Waals surface area contributed by atoms with Gasteiger partial charge in [0.2, 0.25) is 0 Å². The Morgan fingerprint density at radius 1 is 1.21 bits per heavy atom. The average molecular weight is 417 g/mol. The minimum absolute atomic E-state index is 0.0369. The summed E-state index contributed by atoms with van der Waals surface area (Å²) in [7, 11) is 0. The maximum atomic E-state index is 13.1. The van der Waals surface area contributed by atoms with Crippen LogP contribution in [0.1, 0.15) is 26.0 Å². The zero-order valence-corrected chi connectivity index (χ0v) is 16.7. The second kappa shape index (κ2) is 8.24. The van der Waals surface area contributed by atoms with Crippen LogP contribution in [0, 0.1) is 12.7 Å². The van der Waals surface area contributed by atoms with Crippen LogP contribution in [0.25, 0.3) is 23.5 Å². The van der Waals surface area contributed by atoms with E-state index < -0.39 is 5.82 Å². The van der Waals surface area contributed by atoms with Gasteiger partial charge in [-0.1, -0.05) is 5.16 Å². The SMILES string of the molecule is Cc1onc(-c2ccc(F)cn2)c1/C=C/c1ncc(C(=O)N2CCSCC2)s1. The van der Waals surface area contributed by atoms with Crippen molar-refractivity contribution in [3.05, 3.63) is 51.6 Å². The fourth-order valence-corrected chi connectivity index (χ4v) is 4.51. The van der Waals surface area contributed by atoms with Gasteiger partial charge in [0.15, 0.2) is 0 Å². The summed E-state index contributed by atoms with van der Waals surface area (Å²) >= 11 is 3.22. The highest BCUT2D eigenvalue weighted by Gasteiger charge is 2.20. The van der Waals surface area contributed by atoms with Gasteiger partial charge in [0.25, 0.3) is 5.91 Å². The van der Waals surface area contributed by atoms with Crippen LogP contribution < -0.4 is 0 Å². The number of hydrogen-bond donors (Lipinski definition) is 0. The van der Waals surface area contributed by atoms with Crippen molar-refractivity contribution in [3.63, 3.8) is 0 Å². The number of aromatic nitrogens is 3. The molecule has 1 fully saturated rings. The van der Waals surface area contributed by atoms with E-state index in [0.29, 0.717) is 27.0 Å². The molecule has 0 radical (unpaired) electrons. The lowest BCUT2D eigenvalue weighted by Gasteiger charge is -2.25. The van der Waals surface area contributed by atoms with Crippen molar-refractivity contribution < 1.29 is 13.7 Å². The molecule has 4 heterocycles. The molecule has 1 saturated heterocycles. The third kappa shape index (κ3) is 4.00. The summed E-state index contributed by atoms with van der Waals surface area (Å²) in [6.07, 6.45) is 6.42. The van der Waals surface area contributed by atoms with E-state index in [-0.39, 0.29) is 5.91 Å². The fraction of sp³-hybridized carbons (Fsp3) is 0.263. The maximum Gasteiger partial charge on any atom is 0.265 e. The number of pyridine rings is 1. The summed E-state index contributed by atoms with van der Waals surface area (Å²) in [5.41, 5.74) is 1.80. The Balaban J connectivity index is 1.54. The molecule has 144 valence electrons. The predicted octanol–water partition coefficient (Wildman–Crippen LogP) is 4.00. The summed E-state index contributed by atoms with van der Waals surface area (Å²) in [5.74, 6) is 2.20. The Morgan fingerprint density at radius 2 is 2.04 bits per heavy atom. The van der Waals surface area contributed by atoms with Crippen molar-refractivity contribution in [2.45, 2.75) is 6.92 Å². The highest BCUT2D eigenvalue weighted by Crippen LogP contribution is 2.26. The van der Waals surface area contributed by atoms with Crippen LogP contribution in [0.4, 0.5) is 4.39 Å². The first kappa shape index (κ1) is 18.8. The first-order valence-electron chi connectivity index (χ1n) is 8.71. The Labute approximate surface area is 169 Å². The molecule has 0 spiro atoms. The molecular weight excluding hydrogens is 399 g/mol. The average Bonchev–Trinajstić information content (AvgIpc) is 3.34. The minimum Gasteiger partial charge on any atom is -0.360 e. The quantitative estimate of drug-likeness (QED) is 0.640. The lowest BCUT2D eigenvalue weighted by molar-refractivity contribution is 0.0777. The first-order valence-corrected chi connectivity index (χ1v) is 10.7. The molecule has 6 nitrogen and oxygen atoms in total. The van der Waals surface area contributed by atoms with Crippen molar-refractivity contribution in [2.75, 3.05) is 24.6 Å². The molecular formula is C19H17FN4O2S2. The van der Waals surface area contributed by atoms with Crippen LogP contribution in [0.3, 0.4) is 0 Å². The minimum atomic E-state index is -0.409. The molecule has 1 aliphatic heterocycles. The zero-order chi connectivity index (χ0) is 19.5. The van der Waals surface area contributed by atoms with Gasteiger partial charge in [-0.15, -0.1) is 11.3 Å². The van der Waals surface area contributed by atoms with Crippen LogP contribution >= 0.6 is 23.1 Å². The second-order valence-corrected chi connectivity index (χ2v) is 8.45. The van der Waals surface area contributed by atoms with Gasteiger partial charge in [0.05, 0.1) is 18.1 Å². The van der Waals surface area contributed by atoms with E-state index in [2.05, 4.69) is 15.1 Å². The number of nitrogens with zero attached hydrogens (tertiary/aromatic N) is 4. The Hall–Kier alpha value is -2.52. The highest BCUT2D eigenvalue weighted by molar-refractivity contribution is 7.99. The van der Waals surface area contributed by atoms with Crippen molar-refractivity contribution in [1.29, 1.82) is 0 Å². The van der Waals surface area contributed by atoms with Crippen LogP contribution in [0.15, 0.2) is 29.0 Å². The molecule has 0 aliphatic carbocycles. The van der Waals surface area contributed by atoms with E-state index in [1.54, 1.807) is 19.2 Å². The van der Waals surface area contributed by atoms with Gasteiger partial charge in [0.1, 0.15) is 27.2 Å². The molecule has 0 atom stereocenters. The third-order valence-corrected chi connectivity index (χ3v) is 6.20. The van der Waals surface area contributed by atoms with Gasteiger partial charge in [-0.3, -0.25) is 9.78 Å². The van der Waals surface area contributed by atoms with E-state index in [1.165, 1.54) is 17.4 Å². The molecule has 0 saturated carbocycles. The van der Waals surface area contributed by atoms with E-state index >= 15 is 0 Å². The monoisotopic (exact) mass is 416 g/mol. The lowest BCUT2D eigenvalue weighted by Crippen LogP contribution is -2.37. The Kier molecular flexibility index (Phi) is 5.54. The highest BCUT2D eigenvalue weighted by atomic mass is 32.2. The molecule has 1 amide bonds. The second-order valence-electron chi connectivity index (χ2n) is 6.16. The number of hydrogen-bond acceptors (Lipinski definition) is 7. The van der Waals surface area contributed by atoms with Gasteiger partial charge < -0.3 is 9.42 Å². The number of thiazole rings is 1. The van der Waals surface area contributed by atoms with E-state index in [9.17, 15) is 9.18 Å². The lowest BCUT2D eigenvalue weighted by atomic mass is 10.1. The van der Waals surface area contributed by atoms with Crippen LogP contribution in [0.2, 0.25) is 0 Å². The van der Waals surface area contributed by atoms with Crippen molar-refractivity contribution >= 4 is 41.2 Å². The van der Waals surface area contributed by atoms with Crippen molar-refractivity contribution in [2.24, 2.45) is 0 Å². The van der Waals surface area contributed by atoms with Crippen LogP contribution in [-0.2, 0) is 0 Å². The van der Waals surface area contributed by atoms with Crippen molar-refractivity contribution in [3.8, 4) is 11.4 Å². The fourth-order valence-electron chi connectivity index (χ4n) is 2.82. The molecule has 1 aliphatic rings. The molecule has 0 unspecified atom stereocenters. The van der Waals surface area contributed by atoms with E-state index in [1.807, 2.05) is 28.8 Å². The normalized spacial score (nSPS) is 14.7. The molecule has 0 N–H and O–H groups in total. The number of halogens is 1. The van der Waals surface area contributed by atoms with Gasteiger partial charge in [0, 0.05) is 30.2 Å². The Bertz CT molecular complexity index is 1010. The van der Waals surface area contributed by atoms with Gasteiger partial charge >= 0.3 is 0 Å². The molecule has 3 aromatic heterocycles. The standard InChI is InChI=1S/C19H17FN4O2S2/c1-12-14(18(23-26-12)15-4-2-13(20)10-21-15)3-5-17-22-11-16(28-17)19(25)24-6-8-27-9-7-24/h2-5,10-11H,6-9H2,1H3/b5-3+. The molecule has 28 heavy (non-hydrogen) atoms. The van der Waals surface area contributed by atoms with Gasteiger partial charge in [-0.05, 0) is 31.2 Å². The number of carbonyl (C=O) groups excluding carboxylic acids is 1. The number of rotatable bonds is 4. The maximum absolute atomic E-state index is 13.1. The van der Waals surface area contributed by atoms with Gasteiger partial charge in [-0.25, -0.2) is 9.37 Å². The summed E-state index contributed by atoms with van der Waals surface area (Å²) in [5, 5.41) is 4.75. The number of aryl methyl sites for hydroxylation is 1. The number of amides is 1. The number of thioether (sulfide) groups is 1. The zero-order valence-electron chi connectivity index (χ0n) is 15.1. The van der Waals surface area contributed by atoms with E-state index in [4.69, 9.17) is 4.52 Å². The molecule has 9 heteroatoms. The topological polar surface area (TPSA) is 72.1 Å². The largest absolute Gasteiger partial charge is 0.360 e. The number of carbonyl (C=O) groups is 1.